The second-order valence-electron chi connectivity index (χ2n) is 8.52. The highest BCUT2D eigenvalue weighted by Gasteiger charge is 2.26. The summed E-state index contributed by atoms with van der Waals surface area (Å²) in [5, 5.41) is 12.1. The Morgan fingerprint density at radius 1 is 0.917 bits per heavy atom. The first kappa shape index (κ1) is 23.6. The first-order chi connectivity index (χ1) is 17.4. The first-order valence-electron chi connectivity index (χ1n) is 11.4. The van der Waals surface area contributed by atoms with Gasteiger partial charge in [-0.15, -0.1) is 0 Å². The predicted molar refractivity (Wildman–Crippen MR) is 138 cm³/mol. The first-order valence-corrected chi connectivity index (χ1v) is 12.9. The molecule has 0 radical (unpaired) electrons. The Kier molecular flexibility index (Phi) is 6.45. The second kappa shape index (κ2) is 9.85. The highest BCUT2D eigenvalue weighted by Crippen LogP contribution is 2.25. The normalized spacial score (nSPS) is 12.6. The molecule has 0 unspecified atom stereocenters. The highest BCUT2D eigenvalue weighted by atomic mass is 32.2. The summed E-state index contributed by atoms with van der Waals surface area (Å²) in [6.45, 7) is 0.426. The van der Waals surface area contributed by atoms with Crippen LogP contribution in [0.2, 0.25) is 0 Å². The molecule has 182 valence electrons. The van der Waals surface area contributed by atoms with Crippen LogP contribution in [0.25, 0.3) is 21.7 Å². The molecule has 1 aromatic heterocycles. The molecule has 1 atom stereocenters. The monoisotopic (exact) mass is 500 g/mol. The van der Waals surface area contributed by atoms with E-state index in [0.29, 0.717) is 17.7 Å². The van der Waals surface area contributed by atoms with Crippen molar-refractivity contribution in [3.05, 3.63) is 108 Å². The van der Waals surface area contributed by atoms with Crippen molar-refractivity contribution >= 4 is 37.7 Å². The maximum absolute atomic E-state index is 13.1. The van der Waals surface area contributed by atoms with Crippen LogP contribution >= 0.6 is 0 Å². The Balaban J connectivity index is 1.34. The zero-order valence-electron chi connectivity index (χ0n) is 19.2. The number of sulfonamides is 1. The van der Waals surface area contributed by atoms with Crippen molar-refractivity contribution in [2.75, 3.05) is 0 Å². The number of aromatic nitrogens is 1. The van der Waals surface area contributed by atoms with E-state index in [4.69, 9.17) is 4.74 Å². The van der Waals surface area contributed by atoms with Crippen molar-refractivity contribution < 1.29 is 23.1 Å². The number of aliphatic carboxylic acids is 1. The average molecular weight is 501 g/mol. The molecule has 5 aromatic rings. The summed E-state index contributed by atoms with van der Waals surface area (Å²) in [5.74, 6) is -0.574. The molecule has 0 amide bonds. The minimum Gasteiger partial charge on any atom is -0.489 e. The third-order valence-electron chi connectivity index (χ3n) is 6.04. The number of aromatic amines is 1. The van der Waals surface area contributed by atoms with Gasteiger partial charge in [0.25, 0.3) is 0 Å². The number of carbonyl (C=O) groups is 1. The van der Waals surface area contributed by atoms with Crippen LogP contribution in [0.1, 0.15) is 11.1 Å². The quantitative estimate of drug-likeness (QED) is 0.267. The molecule has 0 aliphatic heterocycles. The Bertz CT molecular complexity index is 1650. The lowest BCUT2D eigenvalue weighted by molar-refractivity contribution is -0.138. The molecule has 1 heterocycles. The van der Waals surface area contributed by atoms with Gasteiger partial charge in [-0.1, -0.05) is 60.7 Å². The van der Waals surface area contributed by atoms with Gasteiger partial charge < -0.3 is 14.8 Å². The highest BCUT2D eigenvalue weighted by molar-refractivity contribution is 7.89. The Morgan fingerprint density at radius 3 is 2.44 bits per heavy atom. The van der Waals surface area contributed by atoms with Crippen LogP contribution in [-0.4, -0.2) is 30.5 Å². The van der Waals surface area contributed by atoms with E-state index >= 15 is 0 Å². The molecule has 0 saturated carbocycles. The number of ether oxygens (including phenoxy) is 1. The Morgan fingerprint density at radius 2 is 1.64 bits per heavy atom. The standard InChI is InChI=1S/C28H24N2O5S/c31-28(32)27(16-22-17-29-26-9-5-4-8-25(22)26)30-36(33,34)24-13-11-20-14-23(12-10-21(20)15-24)35-18-19-6-2-1-3-7-19/h1-15,17,27,29-30H,16,18H2,(H,31,32)/t27-/m1/s1. The lowest BCUT2D eigenvalue weighted by Crippen LogP contribution is -2.42. The molecule has 3 N–H and O–H groups in total. The van der Waals surface area contributed by atoms with E-state index in [1.807, 2.05) is 60.7 Å². The van der Waals surface area contributed by atoms with E-state index in [-0.39, 0.29) is 11.3 Å². The number of benzene rings is 4. The van der Waals surface area contributed by atoms with Crippen LogP contribution in [0.3, 0.4) is 0 Å². The molecule has 0 aliphatic rings. The molecule has 0 fully saturated rings. The average Bonchev–Trinajstić information content (AvgIpc) is 3.30. The zero-order valence-corrected chi connectivity index (χ0v) is 20.0. The van der Waals surface area contributed by atoms with Crippen molar-refractivity contribution in [1.82, 2.24) is 9.71 Å². The molecule has 36 heavy (non-hydrogen) atoms. The smallest absolute Gasteiger partial charge is 0.322 e. The van der Waals surface area contributed by atoms with Crippen molar-refractivity contribution in [3.8, 4) is 5.75 Å². The fourth-order valence-corrected chi connectivity index (χ4v) is 5.38. The lowest BCUT2D eigenvalue weighted by Gasteiger charge is -2.15. The predicted octanol–water partition coefficient (Wildman–Crippen LogP) is 4.87. The zero-order chi connectivity index (χ0) is 25.1. The van der Waals surface area contributed by atoms with Crippen LogP contribution in [-0.2, 0) is 27.8 Å². The van der Waals surface area contributed by atoms with Crippen molar-refractivity contribution in [3.63, 3.8) is 0 Å². The van der Waals surface area contributed by atoms with Gasteiger partial charge in [-0.25, -0.2) is 8.42 Å². The molecular formula is C28H24N2O5S. The summed E-state index contributed by atoms with van der Waals surface area (Å²) in [6, 6.07) is 26.1. The van der Waals surface area contributed by atoms with E-state index in [9.17, 15) is 18.3 Å². The van der Waals surface area contributed by atoms with Gasteiger partial charge in [0.2, 0.25) is 10.0 Å². The van der Waals surface area contributed by atoms with Crippen molar-refractivity contribution in [2.24, 2.45) is 0 Å². The number of hydrogen-bond donors (Lipinski definition) is 3. The van der Waals surface area contributed by atoms with Crippen LogP contribution < -0.4 is 9.46 Å². The maximum atomic E-state index is 13.1. The third kappa shape index (κ3) is 5.10. The minimum atomic E-state index is -4.08. The van der Waals surface area contributed by atoms with Gasteiger partial charge in [0, 0.05) is 23.5 Å². The molecule has 0 saturated heterocycles. The molecule has 0 spiro atoms. The van der Waals surface area contributed by atoms with Crippen LogP contribution in [0, 0.1) is 0 Å². The number of fused-ring (bicyclic) bond motifs is 2. The number of para-hydroxylation sites is 1. The number of carboxylic acid groups (broad SMARTS) is 1. The van der Waals surface area contributed by atoms with Crippen molar-refractivity contribution in [1.29, 1.82) is 0 Å². The van der Waals surface area contributed by atoms with Gasteiger partial charge in [0.15, 0.2) is 0 Å². The molecular weight excluding hydrogens is 476 g/mol. The molecule has 5 rings (SSSR count). The molecule has 4 aromatic carbocycles. The summed E-state index contributed by atoms with van der Waals surface area (Å²) in [5.41, 5.74) is 2.63. The number of nitrogens with one attached hydrogen (secondary N) is 2. The number of H-pyrrole nitrogens is 1. The summed E-state index contributed by atoms with van der Waals surface area (Å²) in [4.78, 5) is 15.0. The van der Waals surface area contributed by atoms with Crippen LogP contribution in [0.15, 0.2) is 102 Å². The van der Waals surface area contributed by atoms with Gasteiger partial charge >= 0.3 is 5.97 Å². The van der Waals surface area contributed by atoms with E-state index in [1.54, 1.807) is 24.4 Å². The summed E-state index contributed by atoms with van der Waals surface area (Å²) in [6.07, 6.45) is 1.72. The van der Waals surface area contributed by atoms with Crippen molar-refractivity contribution in [2.45, 2.75) is 24.0 Å². The number of rotatable bonds is 9. The van der Waals surface area contributed by atoms with Crippen LogP contribution in [0.4, 0.5) is 0 Å². The molecule has 7 nitrogen and oxygen atoms in total. The summed E-state index contributed by atoms with van der Waals surface area (Å²) >= 11 is 0. The number of hydrogen-bond acceptors (Lipinski definition) is 4. The van der Waals surface area contributed by atoms with E-state index in [0.717, 1.165) is 27.4 Å². The van der Waals surface area contributed by atoms with Gasteiger partial charge in [-0.2, -0.15) is 4.72 Å². The van der Waals surface area contributed by atoms with E-state index in [1.165, 1.54) is 12.1 Å². The fourth-order valence-electron chi connectivity index (χ4n) is 4.15. The molecule has 8 heteroatoms. The minimum absolute atomic E-state index is 0.00173. The topological polar surface area (TPSA) is 108 Å². The van der Waals surface area contributed by atoms with Gasteiger partial charge in [0.1, 0.15) is 18.4 Å². The number of carboxylic acids is 1. The van der Waals surface area contributed by atoms with Gasteiger partial charge in [-0.05, 0) is 52.2 Å². The SMILES string of the molecule is O=C(O)[C@@H](Cc1c[nH]c2ccccc12)NS(=O)(=O)c1ccc2cc(OCc3ccccc3)ccc2c1. The second-order valence-corrected chi connectivity index (χ2v) is 10.2. The fraction of sp³-hybridized carbons (Fsp3) is 0.107. The van der Waals surface area contributed by atoms with E-state index in [2.05, 4.69) is 9.71 Å². The summed E-state index contributed by atoms with van der Waals surface area (Å²) in [7, 11) is -4.08. The Hall–Kier alpha value is -4.14. The third-order valence-corrected chi connectivity index (χ3v) is 7.51. The Labute approximate surface area is 208 Å². The molecule has 0 bridgehead atoms. The van der Waals surface area contributed by atoms with Gasteiger partial charge in [-0.3, -0.25) is 4.79 Å². The molecule has 0 aliphatic carbocycles. The van der Waals surface area contributed by atoms with E-state index < -0.39 is 22.0 Å². The van der Waals surface area contributed by atoms with Crippen LogP contribution in [0.5, 0.6) is 5.75 Å². The summed E-state index contributed by atoms with van der Waals surface area (Å²) < 4.78 is 34.4. The van der Waals surface area contributed by atoms with Gasteiger partial charge in [0.05, 0.1) is 4.90 Å². The maximum Gasteiger partial charge on any atom is 0.322 e. The lowest BCUT2D eigenvalue weighted by atomic mass is 10.1. The largest absolute Gasteiger partial charge is 0.489 e.